The fourth-order valence-corrected chi connectivity index (χ4v) is 2.91. The summed E-state index contributed by atoms with van der Waals surface area (Å²) in [5.74, 6) is 0.507. The number of fused-ring (bicyclic) bond motifs is 1. The molecule has 0 spiro atoms. The maximum atomic E-state index is 12.6. The average Bonchev–Trinajstić information content (AvgIpc) is 3.20. The lowest BCUT2D eigenvalue weighted by molar-refractivity contribution is 0.0951. The minimum absolute atomic E-state index is 0.146. The molecular weight excluding hydrogens is 326 g/mol. The predicted molar refractivity (Wildman–Crippen MR) is 99.0 cm³/mol. The Labute approximate surface area is 150 Å². The second-order valence-corrected chi connectivity index (χ2v) is 6.00. The number of pyridine rings is 2. The van der Waals surface area contributed by atoms with Gasteiger partial charge in [0.1, 0.15) is 12.1 Å². The summed E-state index contributed by atoms with van der Waals surface area (Å²) in [6.45, 7) is 2.39. The second kappa shape index (κ2) is 6.76. The summed E-state index contributed by atoms with van der Waals surface area (Å²) in [4.78, 5) is 25.4. The third kappa shape index (κ3) is 3.17. The lowest BCUT2D eigenvalue weighted by Gasteiger charge is -2.10. The largest absolute Gasteiger partial charge is 0.348 e. The highest BCUT2D eigenvalue weighted by Gasteiger charge is 2.09. The summed E-state index contributed by atoms with van der Waals surface area (Å²) in [7, 11) is 0. The number of hydrogen-bond donors (Lipinski definition) is 1. The standard InChI is InChI=1S/C20H17N5O/c1-14-10-16(17-4-2-3-5-18(17)24-14)12-23-20(26)15-6-7-22-19(11-15)25-9-8-21-13-25/h2-11,13H,12H2,1H3,(H,23,26). The highest BCUT2D eigenvalue weighted by Crippen LogP contribution is 2.18. The second-order valence-electron chi connectivity index (χ2n) is 6.00. The molecule has 26 heavy (non-hydrogen) atoms. The molecule has 0 fully saturated rings. The van der Waals surface area contributed by atoms with Gasteiger partial charge in [-0.1, -0.05) is 18.2 Å². The third-order valence-electron chi connectivity index (χ3n) is 4.15. The van der Waals surface area contributed by atoms with Crippen LogP contribution in [0.3, 0.4) is 0 Å². The molecule has 6 nitrogen and oxygen atoms in total. The Morgan fingerprint density at radius 3 is 2.88 bits per heavy atom. The molecule has 0 atom stereocenters. The molecule has 0 saturated carbocycles. The summed E-state index contributed by atoms with van der Waals surface area (Å²) >= 11 is 0. The molecule has 0 radical (unpaired) electrons. The van der Waals surface area contributed by atoms with E-state index in [1.165, 1.54) is 0 Å². The van der Waals surface area contributed by atoms with Gasteiger partial charge in [-0.05, 0) is 36.8 Å². The maximum absolute atomic E-state index is 12.6. The van der Waals surface area contributed by atoms with E-state index in [-0.39, 0.29) is 5.91 Å². The van der Waals surface area contributed by atoms with Gasteiger partial charge in [0.15, 0.2) is 0 Å². The van der Waals surface area contributed by atoms with Gasteiger partial charge in [0.2, 0.25) is 0 Å². The van der Waals surface area contributed by atoms with Crippen LogP contribution >= 0.6 is 0 Å². The van der Waals surface area contributed by atoms with Crippen molar-refractivity contribution in [3.05, 3.63) is 84.2 Å². The van der Waals surface area contributed by atoms with E-state index < -0.39 is 0 Å². The van der Waals surface area contributed by atoms with E-state index in [1.54, 1.807) is 41.6 Å². The number of nitrogens with zero attached hydrogens (tertiary/aromatic N) is 4. The number of imidazole rings is 1. The van der Waals surface area contributed by atoms with Crippen molar-refractivity contribution in [1.29, 1.82) is 0 Å². The quantitative estimate of drug-likeness (QED) is 0.618. The first-order valence-electron chi connectivity index (χ1n) is 8.28. The Hall–Kier alpha value is -3.54. The van der Waals surface area contributed by atoms with Crippen molar-refractivity contribution in [2.75, 3.05) is 0 Å². The summed E-state index contributed by atoms with van der Waals surface area (Å²) < 4.78 is 1.76. The van der Waals surface area contributed by atoms with E-state index in [0.717, 1.165) is 22.2 Å². The monoisotopic (exact) mass is 343 g/mol. The van der Waals surface area contributed by atoms with Gasteiger partial charge in [-0.2, -0.15) is 0 Å². The first-order valence-corrected chi connectivity index (χ1v) is 8.28. The van der Waals surface area contributed by atoms with Crippen LogP contribution in [0, 0.1) is 6.92 Å². The molecule has 4 rings (SSSR count). The van der Waals surface area contributed by atoms with E-state index in [1.807, 2.05) is 37.3 Å². The van der Waals surface area contributed by atoms with Gasteiger partial charge < -0.3 is 5.32 Å². The van der Waals surface area contributed by atoms with E-state index in [9.17, 15) is 4.79 Å². The molecule has 6 heteroatoms. The summed E-state index contributed by atoms with van der Waals surface area (Å²) in [6.07, 6.45) is 6.73. The molecule has 1 aromatic carbocycles. The molecule has 1 amide bonds. The van der Waals surface area contributed by atoms with Gasteiger partial charge in [-0.3, -0.25) is 14.3 Å². The minimum Gasteiger partial charge on any atom is -0.348 e. The topological polar surface area (TPSA) is 72.7 Å². The Balaban J connectivity index is 1.56. The Kier molecular flexibility index (Phi) is 4.15. The molecule has 3 aromatic heterocycles. The van der Waals surface area contributed by atoms with Gasteiger partial charge in [-0.15, -0.1) is 0 Å². The van der Waals surface area contributed by atoms with Crippen molar-refractivity contribution in [3.8, 4) is 5.82 Å². The molecule has 3 heterocycles. The maximum Gasteiger partial charge on any atom is 0.251 e. The summed E-state index contributed by atoms with van der Waals surface area (Å²) in [5.41, 5.74) is 3.46. The Morgan fingerprint density at radius 2 is 2.04 bits per heavy atom. The highest BCUT2D eigenvalue weighted by molar-refractivity contribution is 5.94. The van der Waals surface area contributed by atoms with Crippen LogP contribution in [0.15, 0.2) is 67.4 Å². The molecule has 0 aliphatic rings. The number of hydrogen-bond acceptors (Lipinski definition) is 4. The van der Waals surface area contributed by atoms with E-state index in [4.69, 9.17) is 0 Å². The van der Waals surface area contributed by atoms with E-state index in [0.29, 0.717) is 17.9 Å². The first kappa shape index (κ1) is 16.0. The number of para-hydroxylation sites is 1. The number of nitrogens with one attached hydrogen (secondary N) is 1. The lowest BCUT2D eigenvalue weighted by atomic mass is 10.1. The van der Waals surface area contributed by atoms with Gasteiger partial charge >= 0.3 is 0 Å². The summed E-state index contributed by atoms with van der Waals surface area (Å²) in [5, 5.41) is 4.04. The molecule has 0 saturated heterocycles. The van der Waals surface area contributed by atoms with Crippen LogP contribution in [0.25, 0.3) is 16.7 Å². The van der Waals surface area contributed by atoms with Crippen LogP contribution in [0.5, 0.6) is 0 Å². The number of rotatable bonds is 4. The zero-order valence-corrected chi connectivity index (χ0v) is 14.3. The lowest BCUT2D eigenvalue weighted by Crippen LogP contribution is -2.23. The molecule has 4 aromatic rings. The van der Waals surface area contributed by atoms with Crippen molar-refractivity contribution in [3.63, 3.8) is 0 Å². The Bertz CT molecular complexity index is 1070. The van der Waals surface area contributed by atoms with Crippen LogP contribution in [0.1, 0.15) is 21.6 Å². The zero-order valence-electron chi connectivity index (χ0n) is 14.3. The van der Waals surface area contributed by atoms with Gasteiger partial charge in [0, 0.05) is 41.8 Å². The number of aromatic nitrogens is 4. The van der Waals surface area contributed by atoms with Crippen molar-refractivity contribution in [2.24, 2.45) is 0 Å². The van der Waals surface area contributed by atoms with Crippen molar-refractivity contribution in [2.45, 2.75) is 13.5 Å². The number of amides is 1. The molecule has 0 aliphatic heterocycles. The first-order chi connectivity index (χ1) is 12.7. The smallest absolute Gasteiger partial charge is 0.251 e. The molecule has 0 unspecified atom stereocenters. The predicted octanol–water partition coefficient (Wildman–Crippen LogP) is 3.05. The highest BCUT2D eigenvalue weighted by atomic mass is 16.1. The van der Waals surface area contributed by atoms with Crippen LogP contribution in [-0.2, 0) is 6.54 Å². The van der Waals surface area contributed by atoms with Crippen molar-refractivity contribution < 1.29 is 4.79 Å². The van der Waals surface area contributed by atoms with Gasteiger partial charge in [-0.25, -0.2) is 9.97 Å². The minimum atomic E-state index is -0.146. The van der Waals surface area contributed by atoms with E-state index >= 15 is 0 Å². The zero-order chi connectivity index (χ0) is 17.9. The molecular formula is C20H17N5O. The normalized spacial score (nSPS) is 10.8. The third-order valence-corrected chi connectivity index (χ3v) is 4.15. The number of benzene rings is 1. The fourth-order valence-electron chi connectivity index (χ4n) is 2.91. The number of aryl methyl sites for hydroxylation is 1. The van der Waals surface area contributed by atoms with Crippen LogP contribution < -0.4 is 5.32 Å². The van der Waals surface area contributed by atoms with E-state index in [2.05, 4.69) is 20.3 Å². The van der Waals surface area contributed by atoms with Crippen molar-refractivity contribution in [1.82, 2.24) is 24.8 Å². The van der Waals surface area contributed by atoms with Crippen LogP contribution in [0.2, 0.25) is 0 Å². The fraction of sp³-hybridized carbons (Fsp3) is 0.100. The number of carbonyl (C=O) groups excluding carboxylic acids is 1. The Morgan fingerprint density at radius 1 is 1.15 bits per heavy atom. The molecule has 0 aliphatic carbocycles. The molecule has 128 valence electrons. The van der Waals surface area contributed by atoms with Gasteiger partial charge in [0.05, 0.1) is 5.52 Å². The number of carbonyl (C=O) groups is 1. The SMILES string of the molecule is Cc1cc(CNC(=O)c2ccnc(-n3ccnc3)c2)c2ccccc2n1. The van der Waals surface area contributed by atoms with Gasteiger partial charge in [0.25, 0.3) is 5.91 Å². The average molecular weight is 343 g/mol. The summed E-state index contributed by atoms with van der Waals surface area (Å²) in [6, 6.07) is 13.4. The molecule has 1 N–H and O–H groups in total. The van der Waals surface area contributed by atoms with Crippen molar-refractivity contribution >= 4 is 16.8 Å². The van der Waals surface area contributed by atoms with Crippen LogP contribution in [-0.4, -0.2) is 25.4 Å². The van der Waals surface area contributed by atoms with Crippen LogP contribution in [0.4, 0.5) is 0 Å². The molecule has 0 bridgehead atoms.